The van der Waals surface area contributed by atoms with Gasteiger partial charge in [-0.15, -0.1) is 0 Å². The number of unbranched alkanes of at least 4 members (excludes halogenated alkanes) is 6. The maximum absolute atomic E-state index is 9.14. The van der Waals surface area contributed by atoms with Gasteiger partial charge in [-0.25, -0.2) is 4.99 Å². The molecule has 0 bridgehead atoms. The zero-order valence-corrected chi connectivity index (χ0v) is 11.8. The summed E-state index contributed by atoms with van der Waals surface area (Å²) in [6.45, 7) is 4.68. The normalized spacial score (nSPS) is 23.4. The van der Waals surface area contributed by atoms with Crippen LogP contribution in [0.15, 0.2) is 17.1 Å². The molecule has 0 saturated carbocycles. The number of aliphatic hydroxyl groups excluding tert-OH is 1. The van der Waals surface area contributed by atoms with Crippen LogP contribution in [-0.4, -0.2) is 29.8 Å². The van der Waals surface area contributed by atoms with Crippen LogP contribution >= 0.6 is 0 Å². The Hall–Kier alpha value is -0.830. The van der Waals surface area contributed by atoms with Crippen molar-refractivity contribution in [3.05, 3.63) is 12.2 Å². The summed E-state index contributed by atoms with van der Waals surface area (Å²) in [5.41, 5.74) is -0.431. The number of hydrogen-bond donors (Lipinski definition) is 1. The number of hydrogen-bond acceptors (Lipinski definition) is 3. The van der Waals surface area contributed by atoms with Crippen molar-refractivity contribution in [1.82, 2.24) is 0 Å². The Morgan fingerprint density at radius 1 is 1.28 bits per heavy atom. The maximum atomic E-state index is 9.14. The Kier molecular flexibility index (Phi) is 7.02. The van der Waals surface area contributed by atoms with Gasteiger partial charge in [0.05, 0.1) is 6.61 Å². The average molecular weight is 253 g/mol. The standard InChI is InChI=1S/C15H27NO2/c1-3-4-5-6-7-8-9-10-11-14-16-15(2,12-17)13-18-14/h10-11,17H,3-9,12-13H2,1-2H3. The summed E-state index contributed by atoms with van der Waals surface area (Å²) in [4.78, 5) is 4.35. The van der Waals surface area contributed by atoms with Crippen LogP contribution < -0.4 is 0 Å². The third-order valence-corrected chi connectivity index (χ3v) is 3.24. The van der Waals surface area contributed by atoms with E-state index in [0.29, 0.717) is 12.5 Å². The molecule has 0 spiro atoms. The van der Waals surface area contributed by atoms with E-state index in [0.717, 1.165) is 6.42 Å². The minimum absolute atomic E-state index is 0.0434. The molecule has 0 amide bonds. The van der Waals surface area contributed by atoms with Gasteiger partial charge < -0.3 is 9.84 Å². The lowest BCUT2D eigenvalue weighted by Gasteiger charge is -2.12. The summed E-state index contributed by atoms with van der Waals surface area (Å²) in [6, 6.07) is 0. The predicted octanol–water partition coefficient (Wildman–Crippen LogP) is 3.47. The van der Waals surface area contributed by atoms with Crippen molar-refractivity contribution in [3.8, 4) is 0 Å². The molecule has 0 fully saturated rings. The van der Waals surface area contributed by atoms with Gasteiger partial charge in [-0.1, -0.05) is 45.1 Å². The number of allylic oxidation sites excluding steroid dienone is 1. The molecule has 3 nitrogen and oxygen atoms in total. The molecular formula is C15H27NO2. The Morgan fingerprint density at radius 2 is 2.00 bits per heavy atom. The first-order valence-electron chi connectivity index (χ1n) is 7.20. The molecule has 0 saturated heterocycles. The molecule has 1 atom stereocenters. The van der Waals surface area contributed by atoms with E-state index >= 15 is 0 Å². The minimum atomic E-state index is -0.431. The number of rotatable bonds is 9. The van der Waals surface area contributed by atoms with Crippen molar-refractivity contribution in [2.45, 2.75) is 64.3 Å². The molecule has 3 heteroatoms. The lowest BCUT2D eigenvalue weighted by Crippen LogP contribution is -2.28. The summed E-state index contributed by atoms with van der Waals surface area (Å²) < 4.78 is 5.42. The highest BCUT2D eigenvalue weighted by Gasteiger charge is 2.29. The molecule has 1 N–H and O–H groups in total. The zero-order valence-electron chi connectivity index (χ0n) is 11.8. The molecule has 0 aromatic rings. The molecule has 1 aliphatic heterocycles. The molecule has 1 heterocycles. The van der Waals surface area contributed by atoms with Crippen LogP contribution in [0, 0.1) is 0 Å². The summed E-state index contributed by atoms with van der Waals surface area (Å²) in [7, 11) is 0. The van der Waals surface area contributed by atoms with Gasteiger partial charge >= 0.3 is 0 Å². The van der Waals surface area contributed by atoms with E-state index in [1.54, 1.807) is 0 Å². The van der Waals surface area contributed by atoms with E-state index in [1.165, 1.54) is 38.5 Å². The molecule has 18 heavy (non-hydrogen) atoms. The number of ether oxygens (including phenoxy) is 1. The molecule has 0 aromatic carbocycles. The lowest BCUT2D eigenvalue weighted by molar-refractivity contribution is 0.170. The average Bonchev–Trinajstić information content (AvgIpc) is 2.75. The smallest absolute Gasteiger partial charge is 0.209 e. The fraction of sp³-hybridized carbons (Fsp3) is 0.800. The second kappa shape index (κ2) is 8.30. The van der Waals surface area contributed by atoms with E-state index in [-0.39, 0.29) is 6.61 Å². The fourth-order valence-corrected chi connectivity index (χ4v) is 1.95. The lowest BCUT2D eigenvalue weighted by atomic mass is 10.1. The fourth-order valence-electron chi connectivity index (χ4n) is 1.95. The number of aliphatic imine (C=N–C) groups is 1. The number of nitrogens with zero attached hydrogens (tertiary/aromatic N) is 1. The van der Waals surface area contributed by atoms with Gasteiger partial charge in [0.25, 0.3) is 0 Å². The van der Waals surface area contributed by atoms with Crippen molar-refractivity contribution < 1.29 is 9.84 Å². The largest absolute Gasteiger partial charge is 0.475 e. The van der Waals surface area contributed by atoms with E-state index in [2.05, 4.69) is 18.0 Å². The van der Waals surface area contributed by atoms with Gasteiger partial charge in [0.15, 0.2) is 0 Å². The van der Waals surface area contributed by atoms with Crippen LogP contribution in [0.3, 0.4) is 0 Å². The van der Waals surface area contributed by atoms with Gasteiger partial charge in [0, 0.05) is 0 Å². The third-order valence-electron chi connectivity index (χ3n) is 3.24. The summed E-state index contributed by atoms with van der Waals surface area (Å²) in [5.74, 6) is 0.664. The molecule has 104 valence electrons. The second-order valence-corrected chi connectivity index (χ2v) is 5.35. The Bertz CT molecular complexity index is 286. The van der Waals surface area contributed by atoms with E-state index < -0.39 is 5.54 Å². The molecular weight excluding hydrogens is 226 g/mol. The highest BCUT2D eigenvalue weighted by atomic mass is 16.5. The molecule has 1 rings (SSSR count). The third kappa shape index (κ3) is 5.67. The van der Waals surface area contributed by atoms with Crippen molar-refractivity contribution in [3.63, 3.8) is 0 Å². The first kappa shape index (κ1) is 15.2. The van der Waals surface area contributed by atoms with E-state index in [9.17, 15) is 0 Å². The number of aliphatic hydroxyl groups is 1. The first-order valence-corrected chi connectivity index (χ1v) is 7.20. The van der Waals surface area contributed by atoms with Gasteiger partial charge in [0.1, 0.15) is 12.1 Å². The zero-order chi connectivity index (χ0) is 13.3. The summed E-state index contributed by atoms with van der Waals surface area (Å²) in [5, 5.41) is 9.14. The van der Waals surface area contributed by atoms with Crippen LogP contribution in [0.2, 0.25) is 0 Å². The molecule has 1 aliphatic rings. The van der Waals surface area contributed by atoms with E-state index in [1.807, 2.05) is 13.0 Å². The Labute approximate surface area is 111 Å². The quantitative estimate of drug-likeness (QED) is 0.639. The SMILES string of the molecule is CCCCCCCCC=CC1=NC(C)(CO)CO1. The molecule has 1 unspecified atom stereocenters. The van der Waals surface area contributed by atoms with Crippen molar-refractivity contribution in [2.24, 2.45) is 4.99 Å². The van der Waals surface area contributed by atoms with Crippen molar-refractivity contribution in [1.29, 1.82) is 0 Å². The minimum Gasteiger partial charge on any atom is -0.475 e. The van der Waals surface area contributed by atoms with E-state index in [4.69, 9.17) is 9.84 Å². The summed E-state index contributed by atoms with van der Waals surface area (Å²) in [6.07, 6.45) is 13.1. The van der Waals surface area contributed by atoms with Crippen LogP contribution in [0.1, 0.15) is 58.8 Å². The Balaban J connectivity index is 2.09. The van der Waals surface area contributed by atoms with Gasteiger partial charge in [-0.05, 0) is 25.8 Å². The van der Waals surface area contributed by atoms with Gasteiger partial charge in [0.2, 0.25) is 5.90 Å². The predicted molar refractivity (Wildman–Crippen MR) is 76.0 cm³/mol. The van der Waals surface area contributed by atoms with Crippen LogP contribution in [0.4, 0.5) is 0 Å². The Morgan fingerprint density at radius 3 is 2.67 bits per heavy atom. The topological polar surface area (TPSA) is 41.8 Å². The molecule has 0 aromatic heterocycles. The van der Waals surface area contributed by atoms with Crippen LogP contribution in [-0.2, 0) is 4.74 Å². The maximum Gasteiger partial charge on any atom is 0.209 e. The molecule has 0 aliphatic carbocycles. The van der Waals surface area contributed by atoms with Gasteiger partial charge in [-0.2, -0.15) is 0 Å². The highest BCUT2D eigenvalue weighted by Crippen LogP contribution is 2.17. The van der Waals surface area contributed by atoms with Crippen molar-refractivity contribution in [2.75, 3.05) is 13.2 Å². The second-order valence-electron chi connectivity index (χ2n) is 5.35. The highest BCUT2D eigenvalue weighted by molar-refractivity contribution is 5.89. The molecule has 0 radical (unpaired) electrons. The van der Waals surface area contributed by atoms with Crippen LogP contribution in [0.5, 0.6) is 0 Å². The van der Waals surface area contributed by atoms with Crippen LogP contribution in [0.25, 0.3) is 0 Å². The monoisotopic (exact) mass is 253 g/mol. The first-order chi connectivity index (χ1) is 8.70. The van der Waals surface area contributed by atoms with Crippen molar-refractivity contribution >= 4 is 5.90 Å². The summed E-state index contributed by atoms with van der Waals surface area (Å²) >= 11 is 0. The van der Waals surface area contributed by atoms with Gasteiger partial charge in [-0.3, -0.25) is 0 Å².